The molecule has 3 heterocycles. The van der Waals surface area contributed by atoms with Crippen molar-refractivity contribution in [3.8, 4) is 0 Å². The summed E-state index contributed by atoms with van der Waals surface area (Å²) in [6.07, 6.45) is 3.83. The molecule has 3 rings (SSSR count). The van der Waals surface area contributed by atoms with E-state index in [1.54, 1.807) is 12.3 Å². The highest BCUT2D eigenvalue weighted by Crippen LogP contribution is 2.33. The molecule has 1 amide bonds. The zero-order valence-electron chi connectivity index (χ0n) is 12.6. The Morgan fingerprint density at radius 1 is 1.35 bits per heavy atom. The zero-order chi connectivity index (χ0) is 14.3. The first-order valence-corrected chi connectivity index (χ1v) is 7.67. The van der Waals surface area contributed by atoms with Crippen LogP contribution in [-0.2, 0) is 0 Å². The van der Waals surface area contributed by atoms with Gasteiger partial charge in [0.1, 0.15) is 5.76 Å². The van der Waals surface area contributed by atoms with E-state index in [4.69, 9.17) is 4.42 Å². The Bertz CT molecular complexity index is 494. The molecule has 4 heteroatoms. The summed E-state index contributed by atoms with van der Waals surface area (Å²) >= 11 is 0. The lowest BCUT2D eigenvalue weighted by Crippen LogP contribution is -2.40. The maximum atomic E-state index is 12.6. The minimum Gasteiger partial charge on any atom is -0.469 e. The summed E-state index contributed by atoms with van der Waals surface area (Å²) in [5.41, 5.74) is 0.730. The maximum absolute atomic E-state index is 12.6. The van der Waals surface area contributed by atoms with Gasteiger partial charge in [-0.2, -0.15) is 0 Å². The summed E-state index contributed by atoms with van der Waals surface area (Å²) in [4.78, 5) is 17.3. The molecule has 1 aromatic rings. The predicted octanol–water partition coefficient (Wildman–Crippen LogP) is 2.53. The third kappa shape index (κ3) is 2.26. The summed E-state index contributed by atoms with van der Waals surface area (Å²) in [5.74, 6) is 1.57. The van der Waals surface area contributed by atoms with Gasteiger partial charge in [0, 0.05) is 31.7 Å². The molecule has 2 aliphatic rings. The van der Waals surface area contributed by atoms with Gasteiger partial charge in [-0.1, -0.05) is 13.8 Å². The maximum Gasteiger partial charge on any atom is 0.257 e. The first-order valence-electron chi connectivity index (χ1n) is 7.67. The van der Waals surface area contributed by atoms with Crippen LogP contribution in [0.25, 0.3) is 0 Å². The van der Waals surface area contributed by atoms with Crippen LogP contribution in [0, 0.1) is 12.8 Å². The lowest BCUT2D eigenvalue weighted by Gasteiger charge is -2.26. The zero-order valence-corrected chi connectivity index (χ0v) is 12.6. The van der Waals surface area contributed by atoms with Crippen LogP contribution in [0.1, 0.15) is 42.8 Å². The number of carbonyl (C=O) groups is 1. The van der Waals surface area contributed by atoms with Crippen LogP contribution in [-0.4, -0.2) is 47.4 Å². The molecule has 0 N–H and O–H groups in total. The van der Waals surface area contributed by atoms with E-state index in [9.17, 15) is 4.79 Å². The van der Waals surface area contributed by atoms with Crippen molar-refractivity contribution < 1.29 is 9.21 Å². The summed E-state index contributed by atoms with van der Waals surface area (Å²) < 4.78 is 5.27. The van der Waals surface area contributed by atoms with Crippen molar-refractivity contribution in [2.75, 3.05) is 19.6 Å². The summed E-state index contributed by atoms with van der Waals surface area (Å²) in [6, 6.07) is 2.76. The Balaban J connectivity index is 1.72. The number of hydrogen-bond acceptors (Lipinski definition) is 3. The second kappa shape index (κ2) is 5.24. The third-order valence-electron chi connectivity index (χ3n) is 4.64. The fourth-order valence-corrected chi connectivity index (χ4v) is 3.78. The fraction of sp³-hybridized carbons (Fsp3) is 0.688. The van der Waals surface area contributed by atoms with Gasteiger partial charge < -0.3 is 9.32 Å². The van der Waals surface area contributed by atoms with Gasteiger partial charge in [-0.25, -0.2) is 0 Å². The molecule has 2 atom stereocenters. The minimum atomic E-state index is 0.148. The highest BCUT2D eigenvalue weighted by molar-refractivity contribution is 5.95. The number of aryl methyl sites for hydroxylation is 1. The molecule has 2 aliphatic heterocycles. The van der Waals surface area contributed by atoms with E-state index in [-0.39, 0.29) is 5.91 Å². The molecule has 20 heavy (non-hydrogen) atoms. The van der Waals surface area contributed by atoms with Crippen molar-refractivity contribution in [1.82, 2.24) is 9.80 Å². The molecule has 0 spiro atoms. The lowest BCUT2D eigenvalue weighted by atomic mass is 10.1. The molecule has 0 bridgehead atoms. The second-order valence-electron chi connectivity index (χ2n) is 6.49. The molecule has 4 nitrogen and oxygen atoms in total. The van der Waals surface area contributed by atoms with E-state index >= 15 is 0 Å². The van der Waals surface area contributed by atoms with Crippen molar-refractivity contribution in [3.05, 3.63) is 23.7 Å². The van der Waals surface area contributed by atoms with Gasteiger partial charge in [0.25, 0.3) is 5.91 Å². The van der Waals surface area contributed by atoms with E-state index in [1.165, 1.54) is 0 Å². The number of furan rings is 1. The van der Waals surface area contributed by atoms with E-state index in [0.29, 0.717) is 18.0 Å². The Hall–Kier alpha value is -1.29. The molecule has 0 saturated carbocycles. The normalized spacial score (nSPS) is 26.5. The fourth-order valence-electron chi connectivity index (χ4n) is 3.78. The molecule has 0 radical (unpaired) electrons. The highest BCUT2D eigenvalue weighted by atomic mass is 16.3. The van der Waals surface area contributed by atoms with E-state index in [2.05, 4.69) is 23.6 Å². The standard InChI is InChI=1S/C16H24N2O2/c1-11(2)10-17-7-4-15-14(17)5-8-18(15)16(19)13-6-9-20-12(13)3/h6,9,11,14-15H,4-5,7-8,10H2,1-3H3/t14-,15+/m1/s1. The van der Waals surface area contributed by atoms with E-state index in [0.717, 1.165) is 43.8 Å². The molecule has 1 aromatic heterocycles. The van der Waals surface area contributed by atoms with E-state index in [1.807, 2.05) is 6.92 Å². The van der Waals surface area contributed by atoms with Crippen LogP contribution in [0.3, 0.4) is 0 Å². The minimum absolute atomic E-state index is 0.148. The predicted molar refractivity (Wildman–Crippen MR) is 77.7 cm³/mol. The van der Waals surface area contributed by atoms with Gasteiger partial charge in [-0.05, 0) is 31.7 Å². The lowest BCUT2D eigenvalue weighted by molar-refractivity contribution is 0.0730. The Morgan fingerprint density at radius 2 is 2.10 bits per heavy atom. The number of fused-ring (bicyclic) bond motifs is 1. The molecular formula is C16H24N2O2. The van der Waals surface area contributed by atoms with Crippen LogP contribution in [0.5, 0.6) is 0 Å². The molecule has 0 aromatic carbocycles. The largest absolute Gasteiger partial charge is 0.469 e. The van der Waals surface area contributed by atoms with Gasteiger partial charge in [-0.3, -0.25) is 9.69 Å². The Morgan fingerprint density at radius 3 is 2.75 bits per heavy atom. The van der Waals surface area contributed by atoms with Gasteiger partial charge in [-0.15, -0.1) is 0 Å². The quantitative estimate of drug-likeness (QED) is 0.851. The second-order valence-corrected chi connectivity index (χ2v) is 6.49. The van der Waals surface area contributed by atoms with Crippen molar-refractivity contribution in [2.24, 2.45) is 5.92 Å². The van der Waals surface area contributed by atoms with Crippen LogP contribution in [0.4, 0.5) is 0 Å². The number of hydrogen-bond donors (Lipinski definition) is 0. The summed E-state index contributed by atoms with van der Waals surface area (Å²) in [5, 5.41) is 0. The summed E-state index contributed by atoms with van der Waals surface area (Å²) in [7, 11) is 0. The van der Waals surface area contributed by atoms with Gasteiger partial charge in [0.15, 0.2) is 0 Å². The van der Waals surface area contributed by atoms with Crippen molar-refractivity contribution in [1.29, 1.82) is 0 Å². The first-order chi connectivity index (χ1) is 9.58. The number of carbonyl (C=O) groups excluding carboxylic acids is 1. The monoisotopic (exact) mass is 276 g/mol. The van der Waals surface area contributed by atoms with Crippen LogP contribution >= 0.6 is 0 Å². The Kier molecular flexibility index (Phi) is 3.59. The molecule has 2 saturated heterocycles. The van der Waals surface area contributed by atoms with Crippen LogP contribution in [0.2, 0.25) is 0 Å². The Labute approximate surface area is 120 Å². The third-order valence-corrected chi connectivity index (χ3v) is 4.64. The van der Waals surface area contributed by atoms with Crippen molar-refractivity contribution in [3.63, 3.8) is 0 Å². The van der Waals surface area contributed by atoms with E-state index < -0.39 is 0 Å². The SMILES string of the molecule is Cc1occc1C(=O)N1CC[C@@H]2[C@@H]1CCN2CC(C)C. The average Bonchev–Trinajstić information content (AvgIpc) is 3.05. The van der Waals surface area contributed by atoms with Crippen molar-refractivity contribution in [2.45, 2.75) is 45.7 Å². The topological polar surface area (TPSA) is 36.7 Å². The van der Waals surface area contributed by atoms with Crippen LogP contribution in [0.15, 0.2) is 16.7 Å². The molecular weight excluding hydrogens is 252 g/mol. The molecule has 0 aliphatic carbocycles. The smallest absolute Gasteiger partial charge is 0.257 e. The highest BCUT2D eigenvalue weighted by Gasteiger charge is 2.44. The van der Waals surface area contributed by atoms with Crippen molar-refractivity contribution >= 4 is 5.91 Å². The molecule has 2 fully saturated rings. The van der Waals surface area contributed by atoms with Gasteiger partial charge in [0.05, 0.1) is 11.8 Å². The number of likely N-dealkylation sites (tertiary alicyclic amines) is 2. The van der Waals surface area contributed by atoms with Crippen LogP contribution < -0.4 is 0 Å². The van der Waals surface area contributed by atoms with Gasteiger partial charge in [0.2, 0.25) is 0 Å². The number of amides is 1. The van der Waals surface area contributed by atoms with Gasteiger partial charge >= 0.3 is 0 Å². The molecule has 110 valence electrons. The number of nitrogens with zero attached hydrogens (tertiary/aromatic N) is 2. The number of rotatable bonds is 3. The summed E-state index contributed by atoms with van der Waals surface area (Å²) in [6.45, 7) is 9.55. The first kappa shape index (κ1) is 13.7. The molecule has 0 unspecified atom stereocenters. The average molecular weight is 276 g/mol.